The van der Waals surface area contributed by atoms with E-state index in [0.717, 1.165) is 76.3 Å². The first-order chi connectivity index (χ1) is 21.3. The smallest absolute Gasteiger partial charge is 0.335 e. The van der Waals surface area contributed by atoms with Crippen molar-refractivity contribution in [2.75, 3.05) is 43.2 Å². The van der Waals surface area contributed by atoms with E-state index in [1.807, 2.05) is 36.4 Å². The highest BCUT2D eigenvalue weighted by Gasteiger charge is 2.25. The lowest BCUT2D eigenvalue weighted by molar-refractivity contribution is -0.116. The Kier molecular flexibility index (Phi) is 8.62. The Labute approximate surface area is 258 Å². The maximum absolute atomic E-state index is 12.1. The lowest BCUT2D eigenvalue weighted by Gasteiger charge is -2.31. The third-order valence-electron chi connectivity index (χ3n) is 9.24. The van der Waals surface area contributed by atoms with Crippen LogP contribution in [0.3, 0.4) is 0 Å². The standard InChI is InChI=1S/C36H41N3O5/c1-24-32-22-27(36(41)42)11-15-34(32)39(29-7-5-4-6-8-29)35(24)26-9-13-31(14-10-26)44-23-28-21-30(37(3)25(2)40)12-16-33(28)38-17-19-43-20-18-38/h9-16,21-22,29H,4-8,17-20,23H2,1-3H3,(H,41,42). The molecule has 2 heterocycles. The molecule has 1 amide bonds. The van der Waals surface area contributed by atoms with E-state index in [-0.39, 0.29) is 5.91 Å². The van der Waals surface area contributed by atoms with E-state index in [0.29, 0.717) is 31.4 Å². The summed E-state index contributed by atoms with van der Waals surface area (Å²) in [6.07, 6.45) is 5.93. The van der Waals surface area contributed by atoms with Crippen molar-refractivity contribution < 1.29 is 24.2 Å². The van der Waals surface area contributed by atoms with E-state index in [2.05, 4.69) is 34.6 Å². The minimum Gasteiger partial charge on any atom is -0.489 e. The molecule has 1 N–H and O–H groups in total. The fraction of sp³-hybridized carbons (Fsp3) is 0.389. The van der Waals surface area contributed by atoms with Gasteiger partial charge in [-0.05, 0) is 91.6 Å². The van der Waals surface area contributed by atoms with Gasteiger partial charge in [-0.3, -0.25) is 4.79 Å². The van der Waals surface area contributed by atoms with Crippen molar-refractivity contribution >= 4 is 34.2 Å². The summed E-state index contributed by atoms with van der Waals surface area (Å²) in [5.74, 6) is -0.167. The predicted octanol–water partition coefficient (Wildman–Crippen LogP) is 7.22. The van der Waals surface area contributed by atoms with E-state index in [9.17, 15) is 14.7 Å². The minimum atomic E-state index is -0.907. The molecule has 1 aromatic heterocycles. The molecule has 6 rings (SSSR count). The van der Waals surface area contributed by atoms with Crippen molar-refractivity contribution in [1.82, 2.24) is 4.57 Å². The van der Waals surface area contributed by atoms with Gasteiger partial charge in [0.15, 0.2) is 0 Å². The number of anilines is 2. The summed E-state index contributed by atoms with van der Waals surface area (Å²) in [6, 6.07) is 20.2. The first-order valence-electron chi connectivity index (χ1n) is 15.6. The van der Waals surface area contributed by atoms with Gasteiger partial charge in [-0.15, -0.1) is 0 Å². The van der Waals surface area contributed by atoms with Crippen molar-refractivity contribution in [1.29, 1.82) is 0 Å². The van der Waals surface area contributed by atoms with E-state index in [4.69, 9.17) is 9.47 Å². The van der Waals surface area contributed by atoms with Gasteiger partial charge in [0.05, 0.1) is 24.5 Å². The number of hydrogen-bond donors (Lipinski definition) is 1. The van der Waals surface area contributed by atoms with E-state index < -0.39 is 5.97 Å². The number of carboxylic acids is 1. The molecule has 0 bridgehead atoms. The maximum Gasteiger partial charge on any atom is 0.335 e. The summed E-state index contributed by atoms with van der Waals surface area (Å²) in [7, 11) is 1.78. The van der Waals surface area contributed by atoms with Crippen LogP contribution in [0.2, 0.25) is 0 Å². The Hall–Kier alpha value is -4.30. The van der Waals surface area contributed by atoms with Gasteiger partial charge in [0.1, 0.15) is 12.4 Å². The van der Waals surface area contributed by atoms with Crippen molar-refractivity contribution in [3.8, 4) is 17.0 Å². The number of benzene rings is 3. The molecule has 2 fully saturated rings. The quantitative estimate of drug-likeness (QED) is 0.232. The number of carboxylic acid groups (broad SMARTS) is 1. The van der Waals surface area contributed by atoms with Crippen LogP contribution in [0.15, 0.2) is 60.7 Å². The van der Waals surface area contributed by atoms with Crippen LogP contribution in [0.5, 0.6) is 5.75 Å². The number of hydrogen-bond acceptors (Lipinski definition) is 5. The number of fused-ring (bicyclic) bond motifs is 1. The van der Waals surface area contributed by atoms with Crippen LogP contribution >= 0.6 is 0 Å². The fourth-order valence-electron chi connectivity index (χ4n) is 6.74. The molecule has 1 aliphatic carbocycles. The largest absolute Gasteiger partial charge is 0.489 e. The summed E-state index contributed by atoms with van der Waals surface area (Å²) >= 11 is 0. The highest BCUT2D eigenvalue weighted by molar-refractivity contribution is 5.98. The lowest BCUT2D eigenvalue weighted by atomic mass is 9.94. The molecule has 2 aliphatic rings. The number of aromatic carboxylic acids is 1. The van der Waals surface area contributed by atoms with Gasteiger partial charge in [-0.25, -0.2) is 4.79 Å². The molecule has 8 heteroatoms. The molecular weight excluding hydrogens is 554 g/mol. The van der Waals surface area contributed by atoms with E-state index in [1.165, 1.54) is 19.3 Å². The van der Waals surface area contributed by atoms with Gasteiger partial charge in [0.25, 0.3) is 0 Å². The van der Waals surface area contributed by atoms with Crippen LogP contribution in [0.4, 0.5) is 11.4 Å². The van der Waals surface area contributed by atoms with Gasteiger partial charge in [-0.2, -0.15) is 0 Å². The summed E-state index contributed by atoms with van der Waals surface area (Å²) < 4.78 is 14.4. The number of ether oxygens (including phenoxy) is 2. The van der Waals surface area contributed by atoms with Crippen molar-refractivity contribution in [2.45, 2.75) is 58.6 Å². The summed E-state index contributed by atoms with van der Waals surface area (Å²) in [5, 5.41) is 10.6. The highest BCUT2D eigenvalue weighted by Crippen LogP contribution is 2.41. The van der Waals surface area contributed by atoms with Gasteiger partial charge < -0.3 is 28.9 Å². The van der Waals surface area contributed by atoms with Gasteiger partial charge in [0.2, 0.25) is 5.91 Å². The second-order valence-corrected chi connectivity index (χ2v) is 12.0. The molecule has 0 atom stereocenters. The van der Waals surface area contributed by atoms with Crippen molar-refractivity contribution in [2.24, 2.45) is 0 Å². The van der Waals surface area contributed by atoms with Gasteiger partial charge in [-0.1, -0.05) is 19.3 Å². The zero-order valence-electron chi connectivity index (χ0n) is 25.8. The normalized spacial score (nSPS) is 15.8. The summed E-state index contributed by atoms with van der Waals surface area (Å²) in [4.78, 5) is 27.8. The summed E-state index contributed by atoms with van der Waals surface area (Å²) in [6.45, 7) is 7.03. The number of aromatic nitrogens is 1. The summed E-state index contributed by atoms with van der Waals surface area (Å²) in [5.41, 5.74) is 7.70. The predicted molar refractivity (Wildman–Crippen MR) is 174 cm³/mol. The number of carbonyl (C=O) groups excluding carboxylic acids is 1. The highest BCUT2D eigenvalue weighted by atomic mass is 16.5. The van der Waals surface area contributed by atoms with Crippen LogP contribution < -0.4 is 14.5 Å². The monoisotopic (exact) mass is 595 g/mol. The Morgan fingerprint density at radius 1 is 0.977 bits per heavy atom. The first-order valence-corrected chi connectivity index (χ1v) is 15.6. The maximum atomic E-state index is 12.1. The molecule has 0 radical (unpaired) electrons. The van der Waals surface area contributed by atoms with E-state index in [1.54, 1.807) is 24.9 Å². The molecule has 3 aromatic carbocycles. The Bertz CT molecular complexity index is 1660. The Morgan fingerprint density at radius 2 is 1.70 bits per heavy atom. The number of carbonyl (C=O) groups is 2. The Morgan fingerprint density at radius 3 is 2.39 bits per heavy atom. The van der Waals surface area contributed by atoms with Crippen LogP contribution in [0.25, 0.3) is 22.2 Å². The molecule has 1 aliphatic heterocycles. The molecule has 1 saturated carbocycles. The second kappa shape index (κ2) is 12.7. The average Bonchev–Trinajstić information content (AvgIpc) is 3.35. The number of amides is 1. The molecule has 230 valence electrons. The molecule has 1 saturated heterocycles. The molecule has 44 heavy (non-hydrogen) atoms. The SMILES string of the molecule is CC(=O)N(C)c1ccc(N2CCOCC2)c(COc2ccc(-c3c(C)c4cc(C(=O)O)ccc4n3C3CCCCC3)cc2)c1. The van der Waals surface area contributed by atoms with Gasteiger partial charge >= 0.3 is 5.97 Å². The lowest BCUT2D eigenvalue weighted by Crippen LogP contribution is -2.37. The minimum absolute atomic E-state index is 0.0216. The number of nitrogens with zero attached hydrogens (tertiary/aromatic N) is 3. The van der Waals surface area contributed by atoms with Crippen LogP contribution in [0, 0.1) is 6.92 Å². The molecule has 4 aromatic rings. The van der Waals surface area contributed by atoms with Crippen LogP contribution in [-0.4, -0.2) is 54.9 Å². The van der Waals surface area contributed by atoms with E-state index >= 15 is 0 Å². The van der Waals surface area contributed by atoms with Crippen LogP contribution in [-0.2, 0) is 16.1 Å². The average molecular weight is 596 g/mol. The van der Waals surface area contributed by atoms with Crippen molar-refractivity contribution in [3.63, 3.8) is 0 Å². The molecule has 8 nitrogen and oxygen atoms in total. The third kappa shape index (κ3) is 5.91. The van der Waals surface area contributed by atoms with Gasteiger partial charge in [0, 0.05) is 60.9 Å². The first kappa shape index (κ1) is 29.8. The Balaban J connectivity index is 1.30. The second-order valence-electron chi connectivity index (χ2n) is 12.0. The van der Waals surface area contributed by atoms with Crippen molar-refractivity contribution in [3.05, 3.63) is 77.4 Å². The number of aryl methyl sites for hydroxylation is 1. The number of morpholine rings is 1. The number of rotatable bonds is 8. The molecule has 0 unspecified atom stereocenters. The van der Waals surface area contributed by atoms with Crippen LogP contribution in [0.1, 0.15) is 66.6 Å². The topological polar surface area (TPSA) is 84.2 Å². The zero-order chi connectivity index (χ0) is 30.8. The third-order valence-corrected chi connectivity index (χ3v) is 9.24. The zero-order valence-corrected chi connectivity index (χ0v) is 25.8. The molecular formula is C36H41N3O5. The fourth-order valence-corrected chi connectivity index (χ4v) is 6.74. The molecule has 0 spiro atoms.